The van der Waals surface area contributed by atoms with Crippen molar-refractivity contribution in [1.82, 2.24) is 9.97 Å². The van der Waals surface area contributed by atoms with Gasteiger partial charge in [-0.05, 0) is 33.6 Å². The minimum Gasteiger partial charge on any atom is -0.345 e. The fourth-order valence-electron chi connectivity index (χ4n) is 1.14. The molecule has 0 saturated carbocycles. The lowest BCUT2D eigenvalue weighted by atomic mass is 10.2. The number of alkyl halides is 1. The molecule has 0 radical (unpaired) electrons. The summed E-state index contributed by atoms with van der Waals surface area (Å²) in [4.78, 5) is 7.18. The number of nitrogens with zero attached hydrogens (tertiary/aromatic N) is 1. The molecule has 0 spiro atoms. The molecule has 1 aromatic carbocycles. The van der Waals surface area contributed by atoms with Gasteiger partial charge in [-0.15, -0.1) is 11.6 Å². The van der Waals surface area contributed by atoms with Gasteiger partial charge in [0.1, 0.15) is 5.52 Å². The van der Waals surface area contributed by atoms with Crippen LogP contribution in [0.15, 0.2) is 22.9 Å². The molecular formula is C8H6BrClN2. The second kappa shape index (κ2) is 3.07. The largest absolute Gasteiger partial charge is 0.345 e. The highest BCUT2D eigenvalue weighted by Crippen LogP contribution is 2.23. The molecule has 0 unspecified atom stereocenters. The summed E-state index contributed by atoms with van der Waals surface area (Å²) in [5.74, 6) is 0.521. The van der Waals surface area contributed by atoms with Gasteiger partial charge in [-0.3, -0.25) is 0 Å². The lowest BCUT2D eigenvalue weighted by Crippen LogP contribution is -1.79. The molecule has 1 N–H and O–H groups in total. The number of benzene rings is 1. The van der Waals surface area contributed by atoms with Crippen molar-refractivity contribution in [2.24, 2.45) is 0 Å². The smallest absolute Gasteiger partial charge is 0.102 e. The predicted molar refractivity (Wildman–Crippen MR) is 53.4 cm³/mol. The van der Waals surface area contributed by atoms with E-state index in [1.165, 1.54) is 0 Å². The molecule has 0 atom stereocenters. The van der Waals surface area contributed by atoms with Crippen LogP contribution in [0.25, 0.3) is 11.0 Å². The van der Waals surface area contributed by atoms with Crippen LogP contribution in [-0.2, 0) is 5.88 Å². The van der Waals surface area contributed by atoms with Crippen LogP contribution in [0.1, 0.15) is 5.56 Å². The fourth-order valence-corrected chi connectivity index (χ4v) is 1.90. The molecule has 0 aliphatic heterocycles. The summed E-state index contributed by atoms with van der Waals surface area (Å²) in [6.45, 7) is 0. The van der Waals surface area contributed by atoms with Gasteiger partial charge < -0.3 is 4.98 Å². The maximum absolute atomic E-state index is 5.71. The number of imidazole rings is 1. The third-order valence-corrected chi connectivity index (χ3v) is 2.60. The van der Waals surface area contributed by atoms with E-state index in [1.54, 1.807) is 6.33 Å². The van der Waals surface area contributed by atoms with Gasteiger partial charge >= 0.3 is 0 Å². The van der Waals surface area contributed by atoms with Crippen molar-refractivity contribution in [2.75, 3.05) is 0 Å². The Hall–Kier alpha value is -0.540. The number of aromatic nitrogens is 2. The fraction of sp³-hybridized carbons (Fsp3) is 0.125. The number of fused-ring (bicyclic) bond motifs is 1. The van der Waals surface area contributed by atoms with E-state index < -0.39 is 0 Å². The predicted octanol–water partition coefficient (Wildman–Crippen LogP) is 3.06. The van der Waals surface area contributed by atoms with Crippen molar-refractivity contribution in [3.63, 3.8) is 0 Å². The molecule has 4 heteroatoms. The lowest BCUT2D eigenvalue weighted by molar-refractivity contribution is 1.34. The summed E-state index contributed by atoms with van der Waals surface area (Å²) in [6, 6.07) is 3.98. The van der Waals surface area contributed by atoms with Gasteiger partial charge in [0.2, 0.25) is 0 Å². The van der Waals surface area contributed by atoms with Gasteiger partial charge in [-0.25, -0.2) is 4.98 Å². The molecule has 1 heterocycles. The normalized spacial score (nSPS) is 10.8. The van der Waals surface area contributed by atoms with Crippen LogP contribution in [0.3, 0.4) is 0 Å². The quantitative estimate of drug-likeness (QED) is 0.769. The van der Waals surface area contributed by atoms with Crippen LogP contribution < -0.4 is 0 Å². The summed E-state index contributed by atoms with van der Waals surface area (Å²) in [5, 5.41) is 0. The van der Waals surface area contributed by atoms with Gasteiger partial charge in [0.05, 0.1) is 11.8 Å². The number of nitrogens with one attached hydrogen (secondary N) is 1. The molecule has 12 heavy (non-hydrogen) atoms. The van der Waals surface area contributed by atoms with Crippen LogP contribution in [0.4, 0.5) is 0 Å². The Morgan fingerprint density at radius 3 is 3.08 bits per heavy atom. The van der Waals surface area contributed by atoms with E-state index in [4.69, 9.17) is 11.6 Å². The minimum absolute atomic E-state index is 0.521. The Morgan fingerprint density at radius 1 is 1.50 bits per heavy atom. The first kappa shape index (κ1) is 8.08. The Labute approximate surface area is 83.1 Å². The van der Waals surface area contributed by atoms with Crippen molar-refractivity contribution in [3.05, 3.63) is 28.5 Å². The van der Waals surface area contributed by atoms with Gasteiger partial charge in [0.25, 0.3) is 0 Å². The molecule has 1 aromatic heterocycles. The molecule has 0 aliphatic carbocycles. The van der Waals surface area contributed by atoms with Crippen LogP contribution >= 0.6 is 27.5 Å². The van der Waals surface area contributed by atoms with E-state index in [1.807, 2.05) is 12.1 Å². The van der Waals surface area contributed by atoms with Gasteiger partial charge in [-0.1, -0.05) is 0 Å². The summed E-state index contributed by atoms with van der Waals surface area (Å²) < 4.78 is 0.983. The first-order valence-electron chi connectivity index (χ1n) is 3.48. The van der Waals surface area contributed by atoms with Crippen molar-refractivity contribution in [2.45, 2.75) is 5.88 Å². The highest BCUT2D eigenvalue weighted by molar-refractivity contribution is 9.10. The number of rotatable bonds is 1. The number of halogens is 2. The molecular weight excluding hydrogens is 239 g/mol. The number of aromatic amines is 1. The van der Waals surface area contributed by atoms with Crippen LogP contribution in [0, 0.1) is 0 Å². The topological polar surface area (TPSA) is 28.7 Å². The van der Waals surface area contributed by atoms with Crippen LogP contribution in [0.5, 0.6) is 0 Å². The first-order valence-corrected chi connectivity index (χ1v) is 4.81. The second-order valence-corrected chi connectivity index (χ2v) is 3.63. The van der Waals surface area contributed by atoms with E-state index in [-0.39, 0.29) is 0 Å². The molecule has 0 saturated heterocycles. The van der Waals surface area contributed by atoms with Crippen molar-refractivity contribution in [3.8, 4) is 0 Å². The summed E-state index contributed by atoms with van der Waals surface area (Å²) in [7, 11) is 0. The second-order valence-electron chi connectivity index (χ2n) is 2.51. The zero-order valence-corrected chi connectivity index (χ0v) is 8.48. The summed E-state index contributed by atoms with van der Waals surface area (Å²) in [5.41, 5.74) is 3.05. The van der Waals surface area contributed by atoms with E-state index in [2.05, 4.69) is 25.9 Å². The van der Waals surface area contributed by atoms with Crippen molar-refractivity contribution >= 4 is 38.6 Å². The lowest BCUT2D eigenvalue weighted by Gasteiger charge is -1.97. The standard InChI is InChI=1S/C8H6BrClN2/c9-6-1-5(3-10)2-7-8(6)12-4-11-7/h1-2,4H,3H2,(H,11,12). The maximum Gasteiger partial charge on any atom is 0.102 e. The number of hydrogen-bond acceptors (Lipinski definition) is 1. The van der Waals surface area contributed by atoms with Crippen LogP contribution in [-0.4, -0.2) is 9.97 Å². The zero-order chi connectivity index (χ0) is 8.55. The Morgan fingerprint density at radius 2 is 2.33 bits per heavy atom. The van der Waals surface area contributed by atoms with Gasteiger partial charge in [-0.2, -0.15) is 0 Å². The van der Waals surface area contributed by atoms with Gasteiger partial charge in [0, 0.05) is 10.4 Å². The third-order valence-electron chi connectivity index (χ3n) is 1.69. The molecule has 2 rings (SSSR count). The average molecular weight is 246 g/mol. The Bertz CT molecular complexity index is 410. The van der Waals surface area contributed by atoms with E-state index in [0.717, 1.165) is 21.1 Å². The molecule has 2 nitrogen and oxygen atoms in total. The average Bonchev–Trinajstić information content (AvgIpc) is 2.52. The first-order chi connectivity index (χ1) is 5.81. The Kier molecular flexibility index (Phi) is 2.07. The SMILES string of the molecule is ClCc1cc(Br)c2nc[nH]c2c1. The van der Waals surface area contributed by atoms with Crippen LogP contribution in [0.2, 0.25) is 0 Å². The molecule has 0 bridgehead atoms. The third kappa shape index (κ3) is 1.23. The minimum atomic E-state index is 0.521. The highest BCUT2D eigenvalue weighted by Gasteiger charge is 2.02. The molecule has 62 valence electrons. The van der Waals surface area contributed by atoms with E-state index in [9.17, 15) is 0 Å². The Balaban J connectivity index is 2.75. The molecule has 0 amide bonds. The summed E-state index contributed by atoms with van der Waals surface area (Å²) >= 11 is 9.14. The summed E-state index contributed by atoms with van der Waals surface area (Å²) in [6.07, 6.45) is 1.67. The highest BCUT2D eigenvalue weighted by atomic mass is 79.9. The van der Waals surface area contributed by atoms with E-state index >= 15 is 0 Å². The molecule has 0 aliphatic rings. The monoisotopic (exact) mass is 244 g/mol. The van der Waals surface area contributed by atoms with E-state index in [0.29, 0.717) is 5.88 Å². The van der Waals surface area contributed by atoms with Crippen molar-refractivity contribution in [1.29, 1.82) is 0 Å². The molecule has 2 aromatic rings. The zero-order valence-electron chi connectivity index (χ0n) is 6.14. The maximum atomic E-state index is 5.71. The number of H-pyrrole nitrogens is 1. The van der Waals surface area contributed by atoms with Gasteiger partial charge in [0.15, 0.2) is 0 Å². The number of hydrogen-bond donors (Lipinski definition) is 1. The van der Waals surface area contributed by atoms with Crippen molar-refractivity contribution < 1.29 is 0 Å². The molecule has 0 fully saturated rings.